The highest BCUT2D eigenvalue weighted by atomic mass is 35.5. The van der Waals surface area contributed by atoms with Crippen LogP contribution in [0.25, 0.3) is 0 Å². The lowest BCUT2D eigenvalue weighted by molar-refractivity contribution is -0.120. The van der Waals surface area contributed by atoms with Gasteiger partial charge >= 0.3 is 0 Å². The summed E-state index contributed by atoms with van der Waals surface area (Å²) in [7, 11) is 0. The number of carbonyl (C=O) groups is 2. The lowest BCUT2D eigenvalue weighted by Gasteiger charge is -2.21. The Bertz CT molecular complexity index is 737. The van der Waals surface area contributed by atoms with Gasteiger partial charge in [-0.25, -0.2) is 0 Å². The second kappa shape index (κ2) is 11.5. The normalized spacial score (nSPS) is 13.6. The molecule has 1 aromatic carbocycles. The highest BCUT2D eigenvalue weighted by Crippen LogP contribution is 2.16. The van der Waals surface area contributed by atoms with Gasteiger partial charge in [0.2, 0.25) is 5.91 Å². The molecule has 2 amide bonds. The smallest absolute Gasteiger partial charge is 0.251 e. The highest BCUT2D eigenvalue weighted by molar-refractivity contribution is 5.97. The number of benzene rings is 1. The molecule has 0 unspecified atom stereocenters. The van der Waals surface area contributed by atoms with Crippen LogP contribution in [0.1, 0.15) is 28.9 Å². The van der Waals surface area contributed by atoms with Crippen LogP contribution in [0.5, 0.6) is 0 Å². The quantitative estimate of drug-likeness (QED) is 0.707. The lowest BCUT2D eigenvalue weighted by Crippen LogP contribution is -2.34. The van der Waals surface area contributed by atoms with Gasteiger partial charge in [0.1, 0.15) is 0 Å². The molecule has 8 heteroatoms. The van der Waals surface area contributed by atoms with Crippen molar-refractivity contribution >= 4 is 42.3 Å². The van der Waals surface area contributed by atoms with Crippen LogP contribution in [0.4, 0.5) is 5.69 Å². The molecule has 146 valence electrons. The number of amides is 2. The summed E-state index contributed by atoms with van der Waals surface area (Å²) in [6, 6.07) is 12.6. The highest BCUT2D eigenvalue weighted by Gasteiger charge is 2.21. The molecule has 3 N–H and O–H groups in total. The molecule has 6 nitrogen and oxygen atoms in total. The van der Waals surface area contributed by atoms with Crippen LogP contribution in [-0.4, -0.2) is 29.9 Å². The Morgan fingerprint density at radius 3 is 2.56 bits per heavy atom. The van der Waals surface area contributed by atoms with E-state index in [9.17, 15) is 9.59 Å². The SMILES string of the molecule is Cl.Cl.O=C(NCc1ccccn1)c1cccc(NC(=O)C2CCNCC2)c1. The second-order valence-corrected chi connectivity index (χ2v) is 6.10. The molecule has 3 rings (SSSR count). The standard InChI is InChI=1S/C19H22N4O2.2ClH/c24-18(22-13-17-5-1-2-9-21-17)15-4-3-6-16(12-15)23-19(25)14-7-10-20-11-8-14;;/h1-6,9,12,14,20H,7-8,10-11,13H2,(H,22,24)(H,23,25);2*1H. The topological polar surface area (TPSA) is 83.1 Å². The van der Waals surface area contributed by atoms with E-state index in [0.717, 1.165) is 31.6 Å². The fraction of sp³-hybridized carbons (Fsp3) is 0.316. The van der Waals surface area contributed by atoms with Crippen LogP contribution in [-0.2, 0) is 11.3 Å². The van der Waals surface area contributed by atoms with Crippen molar-refractivity contribution in [2.45, 2.75) is 19.4 Å². The maximum atomic E-state index is 12.3. The van der Waals surface area contributed by atoms with Crippen LogP contribution < -0.4 is 16.0 Å². The van der Waals surface area contributed by atoms with Crippen molar-refractivity contribution in [3.8, 4) is 0 Å². The third kappa shape index (κ3) is 6.82. The Hall–Kier alpha value is -2.15. The minimum atomic E-state index is -0.191. The van der Waals surface area contributed by atoms with Crippen molar-refractivity contribution in [2.75, 3.05) is 18.4 Å². The van der Waals surface area contributed by atoms with Crippen LogP contribution >= 0.6 is 24.8 Å². The van der Waals surface area contributed by atoms with Gasteiger partial charge in [0.05, 0.1) is 12.2 Å². The van der Waals surface area contributed by atoms with Crippen molar-refractivity contribution < 1.29 is 9.59 Å². The molecule has 0 aliphatic carbocycles. The van der Waals surface area contributed by atoms with Gasteiger partial charge in [-0.05, 0) is 56.3 Å². The Morgan fingerprint density at radius 2 is 1.85 bits per heavy atom. The molecule has 2 heterocycles. The summed E-state index contributed by atoms with van der Waals surface area (Å²) < 4.78 is 0. The van der Waals surface area contributed by atoms with Gasteiger partial charge in [-0.3, -0.25) is 14.6 Å². The van der Waals surface area contributed by atoms with Crippen LogP contribution in [0.3, 0.4) is 0 Å². The largest absolute Gasteiger partial charge is 0.346 e. The Kier molecular flexibility index (Phi) is 9.78. The summed E-state index contributed by atoms with van der Waals surface area (Å²) in [5.41, 5.74) is 1.96. The van der Waals surface area contributed by atoms with Gasteiger partial charge < -0.3 is 16.0 Å². The summed E-state index contributed by atoms with van der Waals surface area (Å²) >= 11 is 0. The van der Waals surface area contributed by atoms with Gasteiger partial charge in [0, 0.05) is 23.4 Å². The minimum absolute atomic E-state index is 0. The first-order valence-corrected chi connectivity index (χ1v) is 8.52. The minimum Gasteiger partial charge on any atom is -0.346 e. The summed E-state index contributed by atoms with van der Waals surface area (Å²) in [4.78, 5) is 28.8. The van der Waals surface area contributed by atoms with E-state index in [0.29, 0.717) is 17.8 Å². The molecule has 1 aliphatic rings. The molecule has 0 radical (unpaired) electrons. The fourth-order valence-electron chi connectivity index (χ4n) is 2.84. The number of anilines is 1. The monoisotopic (exact) mass is 410 g/mol. The van der Waals surface area contributed by atoms with E-state index < -0.39 is 0 Å². The van der Waals surface area contributed by atoms with Gasteiger partial charge in [-0.1, -0.05) is 12.1 Å². The first-order valence-electron chi connectivity index (χ1n) is 8.52. The number of piperidine rings is 1. The number of halogens is 2. The van der Waals surface area contributed by atoms with Gasteiger partial charge in [-0.15, -0.1) is 24.8 Å². The number of hydrogen-bond donors (Lipinski definition) is 3. The number of aromatic nitrogens is 1. The Morgan fingerprint density at radius 1 is 1.07 bits per heavy atom. The fourth-order valence-corrected chi connectivity index (χ4v) is 2.84. The number of pyridine rings is 1. The zero-order valence-electron chi connectivity index (χ0n) is 14.8. The number of rotatable bonds is 5. The maximum absolute atomic E-state index is 12.3. The molecule has 1 fully saturated rings. The molecule has 0 spiro atoms. The van der Waals surface area contributed by atoms with Gasteiger partial charge in [0.15, 0.2) is 0 Å². The average molecular weight is 411 g/mol. The molecule has 0 bridgehead atoms. The van der Waals surface area contributed by atoms with Crippen molar-refractivity contribution in [2.24, 2.45) is 5.92 Å². The summed E-state index contributed by atoms with van der Waals surface area (Å²) in [6.07, 6.45) is 3.38. The van der Waals surface area contributed by atoms with E-state index >= 15 is 0 Å². The molecule has 0 atom stereocenters. The number of nitrogens with one attached hydrogen (secondary N) is 3. The van der Waals surface area contributed by atoms with E-state index in [1.54, 1.807) is 30.5 Å². The zero-order chi connectivity index (χ0) is 17.5. The first-order chi connectivity index (χ1) is 12.2. The lowest BCUT2D eigenvalue weighted by atomic mass is 9.97. The van der Waals surface area contributed by atoms with Crippen molar-refractivity contribution in [3.05, 3.63) is 59.9 Å². The van der Waals surface area contributed by atoms with Crippen molar-refractivity contribution in [1.82, 2.24) is 15.6 Å². The zero-order valence-corrected chi connectivity index (χ0v) is 16.4. The summed E-state index contributed by atoms with van der Waals surface area (Å²) in [5.74, 6) is -0.140. The van der Waals surface area contributed by atoms with E-state index in [2.05, 4.69) is 20.9 Å². The molecular formula is C19H24Cl2N4O2. The molecule has 1 aromatic heterocycles. The third-order valence-electron chi connectivity index (χ3n) is 4.26. The van der Waals surface area contributed by atoms with Crippen LogP contribution in [0.2, 0.25) is 0 Å². The molecular weight excluding hydrogens is 387 g/mol. The van der Waals surface area contributed by atoms with E-state index in [-0.39, 0.29) is 42.5 Å². The molecule has 27 heavy (non-hydrogen) atoms. The van der Waals surface area contributed by atoms with Crippen molar-refractivity contribution in [1.29, 1.82) is 0 Å². The molecule has 1 saturated heterocycles. The third-order valence-corrected chi connectivity index (χ3v) is 4.26. The Balaban J connectivity index is 0.00000182. The number of hydrogen-bond acceptors (Lipinski definition) is 4. The second-order valence-electron chi connectivity index (χ2n) is 6.10. The predicted molar refractivity (Wildman–Crippen MR) is 111 cm³/mol. The van der Waals surface area contributed by atoms with E-state index in [4.69, 9.17) is 0 Å². The molecule has 2 aromatic rings. The first kappa shape index (κ1) is 22.9. The average Bonchev–Trinajstić information content (AvgIpc) is 2.68. The summed E-state index contributed by atoms with van der Waals surface area (Å²) in [6.45, 7) is 2.10. The van der Waals surface area contributed by atoms with Crippen LogP contribution in [0.15, 0.2) is 48.7 Å². The predicted octanol–water partition coefficient (Wildman–Crippen LogP) is 2.79. The van der Waals surface area contributed by atoms with Gasteiger partial charge in [-0.2, -0.15) is 0 Å². The van der Waals surface area contributed by atoms with E-state index in [1.165, 1.54) is 0 Å². The van der Waals surface area contributed by atoms with Crippen molar-refractivity contribution in [3.63, 3.8) is 0 Å². The van der Waals surface area contributed by atoms with Crippen LogP contribution in [0, 0.1) is 5.92 Å². The number of carbonyl (C=O) groups excluding carboxylic acids is 2. The van der Waals surface area contributed by atoms with Gasteiger partial charge in [0.25, 0.3) is 5.91 Å². The molecule has 0 saturated carbocycles. The molecule has 1 aliphatic heterocycles. The number of nitrogens with zero attached hydrogens (tertiary/aromatic N) is 1. The Labute approximate surface area is 171 Å². The summed E-state index contributed by atoms with van der Waals surface area (Å²) in [5, 5.41) is 9.01. The van der Waals surface area contributed by atoms with E-state index in [1.807, 2.05) is 18.2 Å². The maximum Gasteiger partial charge on any atom is 0.251 e.